The molecular weight excluding hydrogens is 314 g/mol. The number of carbonyl (C=O) groups is 1. The first-order chi connectivity index (χ1) is 10.8. The van der Waals surface area contributed by atoms with Crippen LogP contribution in [0, 0.1) is 0 Å². The van der Waals surface area contributed by atoms with Crippen LogP contribution in [-0.4, -0.2) is 42.8 Å². The first-order valence-electron chi connectivity index (χ1n) is 7.82. The predicted molar refractivity (Wildman–Crippen MR) is 93.7 cm³/mol. The Morgan fingerprint density at radius 2 is 2.22 bits per heavy atom. The topological polar surface area (TPSA) is 83.0 Å². The summed E-state index contributed by atoms with van der Waals surface area (Å²) in [6, 6.07) is 1.89. The molecule has 0 aromatic carbocycles. The molecule has 0 radical (unpaired) electrons. The molecule has 7 heteroatoms. The van der Waals surface area contributed by atoms with Gasteiger partial charge in [0.25, 0.3) is 0 Å². The van der Waals surface area contributed by atoms with Gasteiger partial charge in [-0.3, -0.25) is 4.79 Å². The summed E-state index contributed by atoms with van der Waals surface area (Å²) < 4.78 is 5.08. The third kappa shape index (κ3) is 7.47. The normalized spacial score (nSPS) is 14.4. The number of guanidine groups is 1. The Bertz CT molecular complexity index is 499. The fourth-order valence-electron chi connectivity index (χ4n) is 1.84. The lowest BCUT2D eigenvalue weighted by Crippen LogP contribution is -2.39. The van der Waals surface area contributed by atoms with E-state index in [0.717, 1.165) is 5.56 Å². The summed E-state index contributed by atoms with van der Waals surface area (Å²) in [5, 5.41) is 20.5. The van der Waals surface area contributed by atoms with Gasteiger partial charge in [0.15, 0.2) is 5.96 Å². The molecule has 0 aliphatic heterocycles. The van der Waals surface area contributed by atoms with Crippen LogP contribution >= 0.6 is 11.3 Å². The van der Waals surface area contributed by atoms with Gasteiger partial charge in [0, 0.05) is 13.1 Å². The summed E-state index contributed by atoms with van der Waals surface area (Å²) in [7, 11) is 0. The number of ether oxygens (including phenoxy) is 1. The Labute approximate surface area is 142 Å². The first-order valence-corrected chi connectivity index (χ1v) is 8.76. The molecule has 0 saturated carbocycles. The molecule has 1 aromatic heterocycles. The van der Waals surface area contributed by atoms with Crippen LogP contribution < -0.4 is 10.6 Å². The van der Waals surface area contributed by atoms with Crippen molar-refractivity contribution in [3.05, 3.63) is 22.4 Å². The molecule has 0 bridgehead atoms. The van der Waals surface area contributed by atoms with Crippen LogP contribution in [0.1, 0.15) is 39.7 Å². The van der Waals surface area contributed by atoms with Crippen LogP contribution in [0.25, 0.3) is 0 Å². The van der Waals surface area contributed by atoms with Gasteiger partial charge < -0.3 is 20.5 Å². The summed E-state index contributed by atoms with van der Waals surface area (Å²) in [5.41, 5.74) is -0.165. The fourth-order valence-corrected chi connectivity index (χ4v) is 2.62. The van der Waals surface area contributed by atoms with Gasteiger partial charge in [0.05, 0.1) is 19.1 Å². The maximum absolute atomic E-state index is 11.5. The second-order valence-electron chi connectivity index (χ2n) is 5.70. The van der Waals surface area contributed by atoms with Crippen LogP contribution in [0.5, 0.6) is 0 Å². The minimum absolute atomic E-state index is 0.106. The molecule has 1 heterocycles. The second-order valence-corrected chi connectivity index (χ2v) is 6.48. The highest BCUT2D eigenvalue weighted by atomic mass is 32.1. The number of rotatable bonds is 8. The van der Waals surface area contributed by atoms with E-state index in [4.69, 9.17) is 4.74 Å². The quantitative estimate of drug-likeness (QED) is 0.382. The molecule has 1 aromatic rings. The van der Waals surface area contributed by atoms with E-state index < -0.39 is 5.60 Å². The minimum Gasteiger partial charge on any atom is -0.463 e. The zero-order valence-electron chi connectivity index (χ0n) is 14.3. The third-order valence-corrected chi connectivity index (χ3v) is 3.70. The van der Waals surface area contributed by atoms with Crippen LogP contribution in [-0.2, 0) is 15.1 Å². The Kier molecular flexibility index (Phi) is 8.05. The molecule has 6 nitrogen and oxygen atoms in total. The van der Waals surface area contributed by atoms with Gasteiger partial charge in [-0.25, -0.2) is 4.99 Å². The van der Waals surface area contributed by atoms with E-state index in [1.165, 1.54) is 0 Å². The molecule has 130 valence electrons. The number of hydrogen-bond acceptors (Lipinski definition) is 5. The molecule has 23 heavy (non-hydrogen) atoms. The maximum Gasteiger partial charge on any atom is 0.307 e. The molecule has 1 unspecified atom stereocenters. The molecule has 3 N–H and O–H groups in total. The number of nitrogens with zero attached hydrogens (tertiary/aromatic N) is 1. The molecule has 0 amide bonds. The van der Waals surface area contributed by atoms with Gasteiger partial charge >= 0.3 is 5.97 Å². The SMILES string of the molecule is CCNC(=NCC(C)(O)c1ccsc1)NCCC(=O)OC(C)C. The van der Waals surface area contributed by atoms with Crippen molar-refractivity contribution in [2.45, 2.75) is 45.8 Å². The molecule has 0 aliphatic rings. The third-order valence-electron chi connectivity index (χ3n) is 3.02. The second kappa shape index (κ2) is 9.52. The van der Waals surface area contributed by atoms with Crippen molar-refractivity contribution in [3.8, 4) is 0 Å². The van der Waals surface area contributed by atoms with Gasteiger partial charge in [0.1, 0.15) is 5.60 Å². The van der Waals surface area contributed by atoms with Crippen molar-refractivity contribution in [1.82, 2.24) is 10.6 Å². The molecule has 0 saturated heterocycles. The van der Waals surface area contributed by atoms with Crippen molar-refractivity contribution < 1.29 is 14.6 Å². The Hall–Kier alpha value is -1.60. The van der Waals surface area contributed by atoms with Crippen molar-refractivity contribution in [2.75, 3.05) is 19.6 Å². The molecule has 0 spiro atoms. The summed E-state index contributed by atoms with van der Waals surface area (Å²) in [6.45, 7) is 8.70. The van der Waals surface area contributed by atoms with E-state index in [9.17, 15) is 9.90 Å². The number of esters is 1. The molecular formula is C16H27N3O3S. The molecule has 1 atom stereocenters. The number of aliphatic hydroxyl groups is 1. The van der Waals surface area contributed by atoms with Gasteiger partial charge in [-0.1, -0.05) is 0 Å². The first kappa shape index (κ1) is 19.4. The van der Waals surface area contributed by atoms with Gasteiger partial charge in [-0.2, -0.15) is 11.3 Å². The van der Waals surface area contributed by atoms with E-state index in [1.54, 1.807) is 18.3 Å². The Morgan fingerprint density at radius 3 is 2.78 bits per heavy atom. The summed E-state index contributed by atoms with van der Waals surface area (Å²) in [5.74, 6) is 0.328. The predicted octanol–water partition coefficient (Wildman–Crippen LogP) is 1.85. The number of aliphatic imine (C=N–C) groups is 1. The molecule has 1 rings (SSSR count). The number of thiophene rings is 1. The lowest BCUT2D eigenvalue weighted by molar-refractivity contribution is -0.147. The molecule has 0 aliphatic carbocycles. The van der Waals surface area contributed by atoms with Crippen LogP contribution in [0.15, 0.2) is 21.8 Å². The average Bonchev–Trinajstić information content (AvgIpc) is 2.99. The van der Waals surface area contributed by atoms with Crippen molar-refractivity contribution in [1.29, 1.82) is 0 Å². The highest BCUT2D eigenvalue weighted by Crippen LogP contribution is 2.23. The zero-order chi connectivity index (χ0) is 17.3. The number of nitrogens with one attached hydrogen (secondary N) is 2. The Morgan fingerprint density at radius 1 is 1.48 bits per heavy atom. The Balaban J connectivity index is 2.52. The van der Waals surface area contributed by atoms with Gasteiger partial charge in [-0.15, -0.1) is 0 Å². The van der Waals surface area contributed by atoms with Crippen LogP contribution in [0.2, 0.25) is 0 Å². The maximum atomic E-state index is 11.5. The lowest BCUT2D eigenvalue weighted by Gasteiger charge is -2.21. The fraction of sp³-hybridized carbons (Fsp3) is 0.625. The van der Waals surface area contributed by atoms with Crippen molar-refractivity contribution >= 4 is 23.3 Å². The van der Waals surface area contributed by atoms with E-state index in [2.05, 4.69) is 15.6 Å². The summed E-state index contributed by atoms with van der Waals surface area (Å²) in [6.07, 6.45) is 0.161. The van der Waals surface area contributed by atoms with E-state index in [0.29, 0.717) is 19.0 Å². The zero-order valence-corrected chi connectivity index (χ0v) is 15.1. The van der Waals surface area contributed by atoms with E-state index >= 15 is 0 Å². The van der Waals surface area contributed by atoms with Crippen molar-refractivity contribution in [3.63, 3.8) is 0 Å². The summed E-state index contributed by atoms with van der Waals surface area (Å²) in [4.78, 5) is 15.9. The largest absolute Gasteiger partial charge is 0.463 e. The monoisotopic (exact) mass is 341 g/mol. The molecule has 0 fully saturated rings. The average molecular weight is 341 g/mol. The highest BCUT2D eigenvalue weighted by Gasteiger charge is 2.23. The number of carbonyl (C=O) groups excluding carboxylic acids is 1. The lowest BCUT2D eigenvalue weighted by atomic mass is 10.00. The minimum atomic E-state index is -1.01. The van der Waals surface area contributed by atoms with Gasteiger partial charge in [-0.05, 0) is 50.1 Å². The van der Waals surface area contributed by atoms with Crippen molar-refractivity contribution in [2.24, 2.45) is 4.99 Å². The highest BCUT2D eigenvalue weighted by molar-refractivity contribution is 7.08. The van der Waals surface area contributed by atoms with Gasteiger partial charge in [0.2, 0.25) is 0 Å². The van der Waals surface area contributed by atoms with Crippen LogP contribution in [0.3, 0.4) is 0 Å². The van der Waals surface area contributed by atoms with Crippen LogP contribution in [0.4, 0.5) is 0 Å². The van der Waals surface area contributed by atoms with E-state index in [1.807, 2.05) is 37.6 Å². The van der Waals surface area contributed by atoms with E-state index in [-0.39, 0.29) is 25.0 Å². The summed E-state index contributed by atoms with van der Waals surface area (Å²) >= 11 is 1.54. The smallest absolute Gasteiger partial charge is 0.307 e. The standard InChI is InChI=1S/C16H27N3O3S/c1-5-17-15(18-8-6-14(20)22-12(2)3)19-11-16(4,21)13-7-9-23-10-13/h7,9-10,12,21H,5-6,8,11H2,1-4H3,(H2,17,18,19). The number of hydrogen-bond donors (Lipinski definition) is 3.